The maximum Gasteiger partial charge on any atom is 0.407 e. The van der Waals surface area contributed by atoms with Gasteiger partial charge in [-0.05, 0) is 106 Å². The van der Waals surface area contributed by atoms with Crippen LogP contribution < -0.4 is 11.1 Å². The third-order valence-corrected chi connectivity index (χ3v) is 4.66. The van der Waals surface area contributed by atoms with Crippen molar-refractivity contribution in [3.8, 4) is 12.1 Å². The Hall–Kier alpha value is -3.06. The number of carbonyl (C=O) groups is 1. The van der Waals surface area contributed by atoms with E-state index in [2.05, 4.69) is 17.5 Å². The normalized spacial score (nSPS) is 9.94. The van der Waals surface area contributed by atoms with Gasteiger partial charge < -0.3 is 15.8 Å². The molecule has 1 amide bonds. The lowest BCUT2D eigenvalue weighted by Gasteiger charge is -2.20. The number of alkyl carbamates (subject to hydrolysis) is 1. The number of rotatable bonds is 3. The van der Waals surface area contributed by atoms with Crippen molar-refractivity contribution >= 4 is 18.5 Å². The molecular formula is C25H33ClN4O2. The van der Waals surface area contributed by atoms with E-state index in [1.807, 2.05) is 72.7 Å². The van der Waals surface area contributed by atoms with Gasteiger partial charge in [-0.3, -0.25) is 0 Å². The van der Waals surface area contributed by atoms with Crippen LogP contribution in [-0.4, -0.2) is 11.7 Å². The fourth-order valence-electron chi connectivity index (χ4n) is 3.19. The van der Waals surface area contributed by atoms with E-state index in [-0.39, 0.29) is 12.4 Å². The minimum Gasteiger partial charge on any atom is -0.444 e. The number of benzene rings is 2. The predicted octanol–water partition coefficient (Wildman–Crippen LogP) is 5.26. The highest BCUT2D eigenvalue weighted by atomic mass is 35.5. The quantitative estimate of drug-likeness (QED) is 0.654. The van der Waals surface area contributed by atoms with Crippen LogP contribution in [0.25, 0.3) is 0 Å². The summed E-state index contributed by atoms with van der Waals surface area (Å²) in [6.45, 7) is 14.2. The highest BCUT2D eigenvalue weighted by molar-refractivity contribution is 5.85. The number of amides is 1. The van der Waals surface area contributed by atoms with Crippen molar-refractivity contribution < 1.29 is 9.53 Å². The Labute approximate surface area is 197 Å². The summed E-state index contributed by atoms with van der Waals surface area (Å²) in [6, 6.07) is 11.6. The van der Waals surface area contributed by atoms with Gasteiger partial charge in [-0.25, -0.2) is 4.79 Å². The monoisotopic (exact) mass is 456 g/mol. The van der Waals surface area contributed by atoms with Crippen LogP contribution in [0.1, 0.15) is 65.3 Å². The molecule has 0 spiro atoms. The molecule has 0 fully saturated rings. The van der Waals surface area contributed by atoms with Crippen LogP contribution in [0.3, 0.4) is 0 Å². The van der Waals surface area contributed by atoms with Gasteiger partial charge in [0.05, 0.1) is 23.3 Å². The Kier molecular flexibility index (Phi) is 11.5. The minimum atomic E-state index is -0.501. The molecule has 0 radical (unpaired) electrons. The standard InChI is InChI=1S/C15H20N2O2.C10H12N2.ClH/c1-10-6-12(8-16)7-11(2)13(10)9-17-14(18)19-15(3,4)5;1-7-3-9(5-11)4-8(2)10(7)6-12;/h6-7H,9H2,1-5H3,(H,17,18);3-4H,6,12H2,1-2H3;1H. The number of hydrogen-bond acceptors (Lipinski definition) is 5. The highest BCUT2D eigenvalue weighted by Crippen LogP contribution is 2.17. The molecule has 0 aliphatic rings. The third-order valence-electron chi connectivity index (χ3n) is 4.66. The molecule has 32 heavy (non-hydrogen) atoms. The maximum atomic E-state index is 11.6. The second-order valence-corrected chi connectivity index (χ2v) is 8.46. The first-order valence-electron chi connectivity index (χ1n) is 10.1. The zero-order valence-corrected chi connectivity index (χ0v) is 20.7. The van der Waals surface area contributed by atoms with E-state index >= 15 is 0 Å². The number of nitrogens with zero attached hydrogens (tertiary/aromatic N) is 2. The molecule has 2 aromatic rings. The molecular weight excluding hydrogens is 424 g/mol. The molecule has 0 unspecified atom stereocenters. The van der Waals surface area contributed by atoms with Crippen molar-refractivity contribution in [2.75, 3.05) is 0 Å². The van der Waals surface area contributed by atoms with Gasteiger partial charge in [0.2, 0.25) is 0 Å². The molecule has 172 valence electrons. The minimum absolute atomic E-state index is 0. The zero-order chi connectivity index (χ0) is 23.8. The van der Waals surface area contributed by atoms with Gasteiger partial charge in [-0.2, -0.15) is 10.5 Å². The molecule has 2 aromatic carbocycles. The first-order chi connectivity index (χ1) is 14.4. The molecule has 0 saturated heterocycles. The smallest absolute Gasteiger partial charge is 0.407 e. The van der Waals surface area contributed by atoms with Crippen LogP contribution in [-0.2, 0) is 17.8 Å². The van der Waals surface area contributed by atoms with Gasteiger partial charge in [0.25, 0.3) is 0 Å². The lowest BCUT2D eigenvalue weighted by Crippen LogP contribution is -2.32. The van der Waals surface area contributed by atoms with Crippen LogP contribution in [0.2, 0.25) is 0 Å². The molecule has 0 atom stereocenters. The summed E-state index contributed by atoms with van der Waals surface area (Å²) in [5.41, 5.74) is 12.8. The van der Waals surface area contributed by atoms with Gasteiger partial charge in [0.1, 0.15) is 5.60 Å². The van der Waals surface area contributed by atoms with E-state index in [9.17, 15) is 4.79 Å². The van der Waals surface area contributed by atoms with Crippen molar-refractivity contribution in [3.63, 3.8) is 0 Å². The van der Waals surface area contributed by atoms with E-state index in [1.165, 1.54) is 0 Å². The molecule has 0 heterocycles. The van der Waals surface area contributed by atoms with Crippen molar-refractivity contribution in [3.05, 3.63) is 68.8 Å². The largest absolute Gasteiger partial charge is 0.444 e. The van der Waals surface area contributed by atoms with Gasteiger partial charge in [-0.15, -0.1) is 12.4 Å². The Morgan fingerprint density at radius 2 is 1.28 bits per heavy atom. The summed E-state index contributed by atoms with van der Waals surface area (Å²) >= 11 is 0. The predicted molar refractivity (Wildman–Crippen MR) is 129 cm³/mol. The molecule has 2 rings (SSSR count). The molecule has 3 N–H and O–H groups in total. The number of hydrogen-bond donors (Lipinski definition) is 2. The first kappa shape index (κ1) is 28.9. The van der Waals surface area contributed by atoms with Crippen molar-refractivity contribution in [2.45, 2.75) is 67.2 Å². The van der Waals surface area contributed by atoms with E-state index < -0.39 is 11.7 Å². The van der Waals surface area contributed by atoms with Gasteiger partial charge >= 0.3 is 6.09 Å². The summed E-state index contributed by atoms with van der Waals surface area (Å²) in [7, 11) is 0. The van der Waals surface area contributed by atoms with Gasteiger partial charge in [0.15, 0.2) is 0 Å². The maximum absolute atomic E-state index is 11.6. The lowest BCUT2D eigenvalue weighted by molar-refractivity contribution is 0.0523. The average molecular weight is 457 g/mol. The molecule has 6 nitrogen and oxygen atoms in total. The van der Waals surface area contributed by atoms with Crippen molar-refractivity contribution in [1.29, 1.82) is 10.5 Å². The summed E-state index contributed by atoms with van der Waals surface area (Å²) in [4.78, 5) is 11.6. The van der Waals surface area contributed by atoms with Crippen LogP contribution in [0.4, 0.5) is 4.79 Å². The number of nitrogens with two attached hydrogens (primary N) is 1. The van der Waals surface area contributed by atoms with E-state index in [0.717, 1.165) is 33.4 Å². The molecule has 0 saturated carbocycles. The molecule has 0 aliphatic heterocycles. The summed E-state index contributed by atoms with van der Waals surface area (Å²) < 4.78 is 5.18. The molecule has 0 aromatic heterocycles. The number of halogens is 1. The van der Waals surface area contributed by atoms with Crippen LogP contribution in [0, 0.1) is 50.4 Å². The second kappa shape index (κ2) is 12.7. The average Bonchev–Trinajstić information content (AvgIpc) is 2.65. The Morgan fingerprint density at radius 3 is 1.59 bits per heavy atom. The Bertz CT molecular complexity index is 982. The highest BCUT2D eigenvalue weighted by Gasteiger charge is 2.16. The number of nitriles is 2. The number of nitrogens with one attached hydrogen (secondary N) is 1. The summed E-state index contributed by atoms with van der Waals surface area (Å²) in [6.07, 6.45) is -0.435. The third kappa shape index (κ3) is 8.98. The molecule has 7 heteroatoms. The van der Waals surface area contributed by atoms with Gasteiger partial charge in [-0.1, -0.05) is 0 Å². The van der Waals surface area contributed by atoms with Crippen LogP contribution in [0.15, 0.2) is 24.3 Å². The van der Waals surface area contributed by atoms with E-state index in [1.54, 1.807) is 0 Å². The Balaban J connectivity index is 0.000000639. The lowest BCUT2D eigenvalue weighted by atomic mass is 10.00. The van der Waals surface area contributed by atoms with Crippen molar-refractivity contribution in [1.82, 2.24) is 5.32 Å². The van der Waals surface area contributed by atoms with E-state index in [4.69, 9.17) is 21.0 Å². The molecule has 0 bridgehead atoms. The zero-order valence-electron chi connectivity index (χ0n) is 19.9. The summed E-state index contributed by atoms with van der Waals surface area (Å²) in [5, 5.41) is 20.3. The number of aryl methyl sites for hydroxylation is 4. The topological polar surface area (TPSA) is 112 Å². The Morgan fingerprint density at radius 1 is 0.906 bits per heavy atom. The first-order valence-corrected chi connectivity index (χ1v) is 10.1. The fraction of sp³-hybridized carbons (Fsp3) is 0.400. The molecule has 0 aliphatic carbocycles. The number of carbonyl (C=O) groups excluding carboxylic acids is 1. The van der Waals surface area contributed by atoms with Gasteiger partial charge in [0, 0.05) is 13.1 Å². The van der Waals surface area contributed by atoms with Crippen LogP contribution in [0.5, 0.6) is 0 Å². The van der Waals surface area contributed by atoms with Crippen LogP contribution >= 0.6 is 12.4 Å². The SMILES string of the molecule is Cc1cc(C#N)cc(C)c1CN.Cc1cc(C#N)cc(C)c1CNC(=O)OC(C)(C)C.Cl. The van der Waals surface area contributed by atoms with Crippen molar-refractivity contribution in [2.24, 2.45) is 5.73 Å². The second-order valence-electron chi connectivity index (χ2n) is 8.46. The fourth-order valence-corrected chi connectivity index (χ4v) is 3.19. The van der Waals surface area contributed by atoms with E-state index in [0.29, 0.717) is 24.2 Å². The number of ether oxygens (including phenoxy) is 1. The summed E-state index contributed by atoms with van der Waals surface area (Å²) in [5.74, 6) is 0.